The van der Waals surface area contributed by atoms with Gasteiger partial charge in [-0.2, -0.15) is 0 Å². The van der Waals surface area contributed by atoms with Gasteiger partial charge in [0, 0.05) is 5.56 Å². The van der Waals surface area contributed by atoms with E-state index in [0.29, 0.717) is 17.3 Å². The minimum Gasteiger partial charge on any atom is -0.478 e. The van der Waals surface area contributed by atoms with Crippen molar-refractivity contribution in [2.24, 2.45) is 0 Å². The minimum absolute atomic E-state index is 0.174. The topological polar surface area (TPSA) is 104 Å². The van der Waals surface area contributed by atoms with Gasteiger partial charge in [-0.05, 0) is 38.1 Å². The molecule has 0 bridgehead atoms. The summed E-state index contributed by atoms with van der Waals surface area (Å²) in [7, 11) is 0. The molecule has 0 spiro atoms. The molecule has 1 aliphatic rings. The van der Waals surface area contributed by atoms with E-state index in [9.17, 15) is 9.59 Å². The summed E-state index contributed by atoms with van der Waals surface area (Å²) in [4.78, 5) is 24.4. The molecule has 2 heterocycles. The zero-order valence-electron chi connectivity index (χ0n) is 15.9. The molecule has 1 aromatic heterocycles. The highest BCUT2D eigenvalue weighted by molar-refractivity contribution is 5.99. The van der Waals surface area contributed by atoms with Gasteiger partial charge in [0.15, 0.2) is 12.2 Å². The molecule has 8 heteroatoms. The van der Waals surface area contributed by atoms with Gasteiger partial charge in [-0.3, -0.25) is 9.59 Å². The molecule has 0 saturated heterocycles. The SMILES string of the molecule is Cc1ccc(-c2nnc([C@@H](C)OC(=O)C[C@H]3Oc4ccccc4NC3=O)o2)cc1. The van der Waals surface area contributed by atoms with Crippen LogP contribution in [0.25, 0.3) is 11.5 Å². The van der Waals surface area contributed by atoms with E-state index in [1.807, 2.05) is 31.2 Å². The molecule has 1 aliphatic heterocycles. The number of hydrogen-bond acceptors (Lipinski definition) is 7. The van der Waals surface area contributed by atoms with Crippen LogP contribution in [0.15, 0.2) is 52.9 Å². The molecule has 0 aliphatic carbocycles. The second kappa shape index (κ2) is 7.75. The molecule has 2 atom stereocenters. The maximum atomic E-state index is 12.3. The summed E-state index contributed by atoms with van der Waals surface area (Å²) >= 11 is 0. The third kappa shape index (κ3) is 4.11. The smallest absolute Gasteiger partial charge is 0.310 e. The van der Waals surface area contributed by atoms with Gasteiger partial charge in [0.05, 0.1) is 12.1 Å². The second-order valence-electron chi connectivity index (χ2n) is 6.74. The van der Waals surface area contributed by atoms with E-state index in [0.717, 1.165) is 11.1 Å². The Bertz CT molecular complexity index is 1040. The fraction of sp³-hybridized carbons (Fsp3) is 0.238. The van der Waals surface area contributed by atoms with Gasteiger partial charge in [0.25, 0.3) is 11.8 Å². The van der Waals surface area contributed by atoms with Gasteiger partial charge in [-0.15, -0.1) is 10.2 Å². The van der Waals surface area contributed by atoms with E-state index >= 15 is 0 Å². The van der Waals surface area contributed by atoms with Crippen LogP contribution in [-0.4, -0.2) is 28.2 Å². The third-order valence-electron chi connectivity index (χ3n) is 4.45. The number of nitrogens with zero attached hydrogens (tertiary/aromatic N) is 2. The predicted octanol–water partition coefficient (Wildman–Crippen LogP) is 3.44. The first-order chi connectivity index (χ1) is 14.0. The lowest BCUT2D eigenvalue weighted by atomic mass is 10.1. The molecule has 0 saturated carbocycles. The van der Waals surface area contributed by atoms with Crippen molar-refractivity contribution < 1.29 is 23.5 Å². The van der Waals surface area contributed by atoms with E-state index < -0.39 is 24.1 Å². The van der Waals surface area contributed by atoms with Crippen molar-refractivity contribution in [3.63, 3.8) is 0 Å². The van der Waals surface area contributed by atoms with Crippen molar-refractivity contribution in [1.82, 2.24) is 10.2 Å². The van der Waals surface area contributed by atoms with Crippen molar-refractivity contribution >= 4 is 17.6 Å². The van der Waals surface area contributed by atoms with Crippen LogP contribution in [0.1, 0.15) is 30.9 Å². The Labute approximate surface area is 166 Å². The molecule has 1 N–H and O–H groups in total. The van der Waals surface area contributed by atoms with Gasteiger partial charge in [0.2, 0.25) is 5.89 Å². The number of nitrogens with one attached hydrogen (secondary N) is 1. The average Bonchev–Trinajstić information content (AvgIpc) is 3.19. The fourth-order valence-corrected chi connectivity index (χ4v) is 2.89. The highest BCUT2D eigenvalue weighted by Crippen LogP contribution is 2.30. The zero-order valence-corrected chi connectivity index (χ0v) is 15.9. The molecular weight excluding hydrogens is 374 g/mol. The lowest BCUT2D eigenvalue weighted by Crippen LogP contribution is -2.38. The van der Waals surface area contributed by atoms with Crippen LogP contribution in [0, 0.1) is 6.92 Å². The molecule has 148 valence electrons. The van der Waals surface area contributed by atoms with Crippen molar-refractivity contribution in [3.05, 3.63) is 60.0 Å². The van der Waals surface area contributed by atoms with Crippen molar-refractivity contribution in [3.8, 4) is 17.2 Å². The summed E-state index contributed by atoms with van der Waals surface area (Å²) in [5, 5.41) is 10.7. The molecule has 1 amide bonds. The Kier molecular flexibility index (Phi) is 4.99. The Morgan fingerprint density at radius 3 is 2.72 bits per heavy atom. The van der Waals surface area contributed by atoms with Crippen LogP contribution in [0.5, 0.6) is 5.75 Å². The summed E-state index contributed by atoms with van der Waals surface area (Å²) in [5.41, 5.74) is 2.47. The Morgan fingerprint density at radius 2 is 1.93 bits per heavy atom. The van der Waals surface area contributed by atoms with Gasteiger partial charge in [-0.1, -0.05) is 29.8 Å². The highest BCUT2D eigenvalue weighted by atomic mass is 16.6. The summed E-state index contributed by atoms with van der Waals surface area (Å²) in [6, 6.07) is 14.7. The first kappa shape index (κ1) is 18.7. The highest BCUT2D eigenvalue weighted by Gasteiger charge is 2.31. The quantitative estimate of drug-likeness (QED) is 0.662. The predicted molar refractivity (Wildman–Crippen MR) is 103 cm³/mol. The first-order valence-electron chi connectivity index (χ1n) is 9.16. The molecule has 0 radical (unpaired) electrons. The summed E-state index contributed by atoms with van der Waals surface area (Å²) in [6.07, 6.45) is -1.95. The molecule has 2 aromatic carbocycles. The number of para-hydroxylation sites is 2. The van der Waals surface area contributed by atoms with E-state index in [1.165, 1.54) is 0 Å². The van der Waals surface area contributed by atoms with Crippen LogP contribution in [-0.2, 0) is 14.3 Å². The summed E-state index contributed by atoms with van der Waals surface area (Å²) in [5.74, 6) is 0.0280. The Morgan fingerprint density at radius 1 is 1.17 bits per heavy atom. The van der Waals surface area contributed by atoms with Crippen molar-refractivity contribution in [2.45, 2.75) is 32.5 Å². The largest absolute Gasteiger partial charge is 0.478 e. The lowest BCUT2D eigenvalue weighted by molar-refractivity contribution is -0.153. The molecule has 4 rings (SSSR count). The number of anilines is 1. The number of benzene rings is 2. The normalized spacial score (nSPS) is 16.3. The van der Waals surface area contributed by atoms with Gasteiger partial charge in [-0.25, -0.2) is 0 Å². The Balaban J connectivity index is 1.38. The van der Waals surface area contributed by atoms with Crippen LogP contribution < -0.4 is 10.1 Å². The van der Waals surface area contributed by atoms with E-state index in [4.69, 9.17) is 13.9 Å². The number of hydrogen-bond donors (Lipinski definition) is 1. The van der Waals surface area contributed by atoms with Crippen LogP contribution in [0.3, 0.4) is 0 Å². The van der Waals surface area contributed by atoms with Crippen LogP contribution in [0.4, 0.5) is 5.69 Å². The fourth-order valence-electron chi connectivity index (χ4n) is 2.89. The number of amides is 1. The maximum Gasteiger partial charge on any atom is 0.310 e. The molecule has 3 aromatic rings. The van der Waals surface area contributed by atoms with Crippen LogP contribution in [0.2, 0.25) is 0 Å². The number of ether oxygens (including phenoxy) is 2. The number of aryl methyl sites for hydroxylation is 1. The molecular formula is C21H19N3O5. The lowest BCUT2D eigenvalue weighted by Gasteiger charge is -2.25. The number of rotatable bonds is 5. The average molecular weight is 393 g/mol. The molecule has 0 fully saturated rings. The van der Waals surface area contributed by atoms with E-state index in [1.54, 1.807) is 31.2 Å². The third-order valence-corrected chi connectivity index (χ3v) is 4.45. The van der Waals surface area contributed by atoms with Gasteiger partial charge in [0.1, 0.15) is 5.75 Å². The van der Waals surface area contributed by atoms with Crippen molar-refractivity contribution in [2.75, 3.05) is 5.32 Å². The summed E-state index contributed by atoms with van der Waals surface area (Å²) in [6.45, 7) is 3.61. The first-order valence-corrected chi connectivity index (χ1v) is 9.16. The number of aromatic nitrogens is 2. The van der Waals surface area contributed by atoms with Crippen molar-refractivity contribution in [1.29, 1.82) is 0 Å². The molecule has 0 unspecified atom stereocenters. The molecule has 8 nitrogen and oxygen atoms in total. The number of carbonyl (C=O) groups excluding carboxylic acids is 2. The van der Waals surface area contributed by atoms with Gasteiger partial charge >= 0.3 is 5.97 Å². The van der Waals surface area contributed by atoms with E-state index in [2.05, 4.69) is 15.5 Å². The number of fused-ring (bicyclic) bond motifs is 1. The number of carbonyl (C=O) groups is 2. The van der Waals surface area contributed by atoms with E-state index in [-0.39, 0.29) is 12.3 Å². The Hall–Kier alpha value is -3.68. The molecule has 29 heavy (non-hydrogen) atoms. The van der Waals surface area contributed by atoms with Crippen LogP contribution >= 0.6 is 0 Å². The number of esters is 1. The van der Waals surface area contributed by atoms with Gasteiger partial charge < -0.3 is 19.2 Å². The minimum atomic E-state index is -0.963. The standard InChI is InChI=1S/C21H19N3O5/c1-12-7-9-14(10-8-12)21-24-23-20(29-21)13(2)27-18(25)11-17-19(26)22-15-5-3-4-6-16(15)28-17/h3-10,13,17H,11H2,1-2H3,(H,22,26)/t13-,17-/m1/s1. The zero-order chi connectivity index (χ0) is 20.4. The second-order valence-corrected chi connectivity index (χ2v) is 6.74. The monoisotopic (exact) mass is 393 g/mol. The maximum absolute atomic E-state index is 12.3. The summed E-state index contributed by atoms with van der Waals surface area (Å²) < 4.78 is 16.6.